The van der Waals surface area contributed by atoms with Crippen LogP contribution in [0.25, 0.3) is 0 Å². The summed E-state index contributed by atoms with van der Waals surface area (Å²) in [7, 11) is -3.58. The maximum absolute atomic E-state index is 12.3. The molecule has 0 bridgehead atoms. The Morgan fingerprint density at radius 3 is 2.81 bits per heavy atom. The van der Waals surface area contributed by atoms with Gasteiger partial charge in [0.25, 0.3) is 0 Å². The van der Waals surface area contributed by atoms with E-state index in [4.69, 9.17) is 16.3 Å². The third kappa shape index (κ3) is 4.44. The van der Waals surface area contributed by atoms with Gasteiger partial charge < -0.3 is 4.74 Å². The van der Waals surface area contributed by atoms with Gasteiger partial charge >= 0.3 is 0 Å². The van der Waals surface area contributed by atoms with Crippen molar-refractivity contribution in [1.82, 2.24) is 4.72 Å². The second kappa shape index (κ2) is 7.26. The van der Waals surface area contributed by atoms with Crippen molar-refractivity contribution in [2.45, 2.75) is 24.8 Å². The number of hydrogen-bond acceptors (Lipinski definition) is 4. The lowest BCUT2D eigenvalue weighted by molar-refractivity contribution is 0.317. The molecule has 0 aliphatic heterocycles. The molecule has 0 spiro atoms. The molecule has 1 heterocycles. The van der Waals surface area contributed by atoms with Crippen LogP contribution in [0, 0.1) is 0 Å². The standard InChI is InChI=1S/C14H16ClNO3S2/c1-2-7-19-14-9-12(5-6-13(14)15)21(17,18)16-10-11-4-3-8-20-11/h3-6,8-9,16H,2,7,10H2,1H3. The molecule has 0 amide bonds. The number of hydrogen-bond donors (Lipinski definition) is 1. The maximum Gasteiger partial charge on any atom is 0.241 e. The van der Waals surface area contributed by atoms with Gasteiger partial charge in [-0.3, -0.25) is 0 Å². The molecule has 2 rings (SSSR count). The van der Waals surface area contributed by atoms with Gasteiger partial charge in [-0.1, -0.05) is 24.6 Å². The Hall–Kier alpha value is -1.08. The van der Waals surface area contributed by atoms with E-state index in [1.54, 1.807) is 0 Å². The van der Waals surface area contributed by atoms with E-state index in [9.17, 15) is 8.42 Å². The Bertz CT molecular complexity index is 684. The van der Waals surface area contributed by atoms with Crippen LogP contribution >= 0.6 is 22.9 Å². The summed E-state index contributed by atoms with van der Waals surface area (Å²) >= 11 is 7.50. The predicted molar refractivity (Wildman–Crippen MR) is 85.6 cm³/mol. The molecule has 1 N–H and O–H groups in total. The molecular weight excluding hydrogens is 330 g/mol. The maximum atomic E-state index is 12.3. The SMILES string of the molecule is CCCOc1cc(S(=O)(=O)NCc2cccs2)ccc1Cl. The monoisotopic (exact) mass is 345 g/mol. The van der Waals surface area contributed by atoms with Gasteiger partial charge in [0, 0.05) is 17.5 Å². The van der Waals surface area contributed by atoms with Crippen molar-refractivity contribution in [2.24, 2.45) is 0 Å². The Morgan fingerprint density at radius 1 is 1.33 bits per heavy atom. The van der Waals surface area contributed by atoms with Crippen molar-refractivity contribution >= 4 is 33.0 Å². The zero-order chi connectivity index (χ0) is 15.3. The number of rotatable bonds is 7. The molecule has 114 valence electrons. The lowest BCUT2D eigenvalue weighted by Gasteiger charge is -2.10. The third-order valence-electron chi connectivity index (χ3n) is 2.69. The molecule has 0 fully saturated rings. The molecule has 0 saturated carbocycles. The molecule has 2 aromatic rings. The minimum Gasteiger partial charge on any atom is -0.492 e. The Balaban J connectivity index is 2.15. The molecule has 21 heavy (non-hydrogen) atoms. The number of benzene rings is 1. The lowest BCUT2D eigenvalue weighted by Crippen LogP contribution is -2.22. The average Bonchev–Trinajstić information content (AvgIpc) is 2.97. The minimum absolute atomic E-state index is 0.148. The summed E-state index contributed by atoms with van der Waals surface area (Å²) in [6.07, 6.45) is 0.823. The fraction of sp³-hybridized carbons (Fsp3) is 0.286. The van der Waals surface area contributed by atoms with Gasteiger partial charge in [-0.15, -0.1) is 11.3 Å². The van der Waals surface area contributed by atoms with Crippen LogP contribution in [0.15, 0.2) is 40.6 Å². The summed E-state index contributed by atoms with van der Waals surface area (Å²) in [4.78, 5) is 1.10. The second-order valence-electron chi connectivity index (χ2n) is 4.34. The first-order chi connectivity index (χ1) is 10.0. The second-order valence-corrected chi connectivity index (χ2v) is 7.55. The van der Waals surface area contributed by atoms with E-state index in [2.05, 4.69) is 4.72 Å². The van der Waals surface area contributed by atoms with Gasteiger partial charge in [-0.25, -0.2) is 13.1 Å². The van der Waals surface area contributed by atoms with Crippen LogP contribution in [-0.2, 0) is 16.6 Å². The first-order valence-electron chi connectivity index (χ1n) is 6.47. The quantitative estimate of drug-likeness (QED) is 0.833. The molecular formula is C14H16ClNO3S2. The number of sulfonamides is 1. The van der Waals surface area contributed by atoms with Gasteiger partial charge in [0.1, 0.15) is 5.75 Å². The fourth-order valence-electron chi connectivity index (χ4n) is 1.64. The molecule has 7 heteroatoms. The highest BCUT2D eigenvalue weighted by Gasteiger charge is 2.16. The number of ether oxygens (including phenoxy) is 1. The average molecular weight is 346 g/mol. The van der Waals surface area contributed by atoms with Gasteiger partial charge in [-0.05, 0) is 30.0 Å². The molecule has 0 atom stereocenters. The Morgan fingerprint density at radius 2 is 2.14 bits per heavy atom. The summed E-state index contributed by atoms with van der Waals surface area (Å²) in [5, 5.41) is 2.31. The number of halogens is 1. The smallest absolute Gasteiger partial charge is 0.241 e. The zero-order valence-electron chi connectivity index (χ0n) is 11.5. The van der Waals surface area contributed by atoms with E-state index in [0.29, 0.717) is 17.4 Å². The van der Waals surface area contributed by atoms with Crippen molar-refractivity contribution < 1.29 is 13.2 Å². The number of nitrogens with one attached hydrogen (secondary N) is 1. The Labute approximate surface area is 133 Å². The molecule has 0 aliphatic rings. The van der Waals surface area contributed by atoms with Gasteiger partial charge in [0.2, 0.25) is 10.0 Å². The minimum atomic E-state index is -3.58. The topological polar surface area (TPSA) is 55.4 Å². The van der Waals surface area contributed by atoms with Crippen molar-refractivity contribution in [3.63, 3.8) is 0 Å². The van der Waals surface area contributed by atoms with Crippen molar-refractivity contribution in [1.29, 1.82) is 0 Å². The highest BCUT2D eigenvalue weighted by Crippen LogP contribution is 2.27. The molecule has 0 saturated heterocycles. The molecule has 1 aromatic heterocycles. The predicted octanol–water partition coefficient (Wildman–Crippen LogP) is 3.67. The molecule has 0 unspecified atom stereocenters. The third-order valence-corrected chi connectivity index (χ3v) is 5.28. The molecule has 0 aliphatic carbocycles. The zero-order valence-corrected chi connectivity index (χ0v) is 13.9. The van der Waals surface area contributed by atoms with E-state index >= 15 is 0 Å². The largest absolute Gasteiger partial charge is 0.492 e. The highest BCUT2D eigenvalue weighted by atomic mass is 35.5. The first kappa shape index (κ1) is 16.3. The molecule has 0 radical (unpaired) electrons. The summed E-state index contributed by atoms with van der Waals surface area (Å²) in [5.41, 5.74) is 0. The molecule has 4 nitrogen and oxygen atoms in total. The molecule has 1 aromatic carbocycles. The van der Waals surface area contributed by atoms with Crippen LogP contribution in [0.5, 0.6) is 5.75 Å². The summed E-state index contributed by atoms with van der Waals surface area (Å²) in [6, 6.07) is 8.22. The van der Waals surface area contributed by atoms with Crippen LogP contribution in [0.3, 0.4) is 0 Å². The summed E-state index contributed by atoms with van der Waals surface area (Å²) in [5.74, 6) is 0.387. The van der Waals surface area contributed by atoms with Crippen LogP contribution in [0.4, 0.5) is 0 Å². The van der Waals surface area contributed by atoms with Gasteiger partial charge in [-0.2, -0.15) is 0 Å². The van der Waals surface area contributed by atoms with E-state index < -0.39 is 10.0 Å². The van der Waals surface area contributed by atoms with Crippen LogP contribution in [-0.4, -0.2) is 15.0 Å². The lowest BCUT2D eigenvalue weighted by atomic mass is 10.3. The van der Waals surface area contributed by atoms with E-state index in [-0.39, 0.29) is 11.4 Å². The van der Waals surface area contributed by atoms with Crippen molar-refractivity contribution in [3.8, 4) is 5.75 Å². The van der Waals surface area contributed by atoms with Crippen molar-refractivity contribution in [3.05, 3.63) is 45.6 Å². The van der Waals surface area contributed by atoms with Gasteiger partial charge in [0.05, 0.1) is 16.5 Å². The normalized spacial score (nSPS) is 11.5. The number of thiophene rings is 1. The van der Waals surface area contributed by atoms with Gasteiger partial charge in [0.15, 0.2) is 0 Å². The van der Waals surface area contributed by atoms with Crippen molar-refractivity contribution in [2.75, 3.05) is 6.61 Å². The van der Waals surface area contributed by atoms with E-state index in [1.807, 2.05) is 24.4 Å². The van der Waals surface area contributed by atoms with Crippen LogP contribution < -0.4 is 9.46 Å². The van der Waals surface area contributed by atoms with Crippen LogP contribution in [0.1, 0.15) is 18.2 Å². The van der Waals surface area contributed by atoms with Crippen LogP contribution in [0.2, 0.25) is 5.02 Å². The van der Waals surface area contributed by atoms with E-state index in [1.165, 1.54) is 29.5 Å². The summed E-state index contributed by atoms with van der Waals surface area (Å²) in [6.45, 7) is 2.73. The first-order valence-corrected chi connectivity index (χ1v) is 9.21. The Kier molecular flexibility index (Phi) is 5.64. The highest BCUT2D eigenvalue weighted by molar-refractivity contribution is 7.89. The van der Waals surface area contributed by atoms with E-state index in [0.717, 1.165) is 11.3 Å². The summed E-state index contributed by atoms with van der Waals surface area (Å²) < 4.78 is 32.5. The fourth-order valence-corrected chi connectivity index (χ4v) is 3.57.